The summed E-state index contributed by atoms with van der Waals surface area (Å²) in [6, 6.07) is -0.793. The van der Waals surface area contributed by atoms with Crippen molar-refractivity contribution in [3.63, 3.8) is 0 Å². The van der Waals surface area contributed by atoms with Crippen LogP contribution in [-0.4, -0.2) is 65.9 Å². The summed E-state index contributed by atoms with van der Waals surface area (Å²) < 4.78 is 26.5. The van der Waals surface area contributed by atoms with E-state index in [1.165, 1.54) is 23.3 Å². The Morgan fingerprint density at radius 2 is 2.05 bits per heavy atom. The fraction of sp³-hybridized carbons (Fsp3) is 0.462. The third-order valence-corrected chi connectivity index (χ3v) is 5.03. The summed E-state index contributed by atoms with van der Waals surface area (Å²) in [6.07, 6.45) is 5.60. The van der Waals surface area contributed by atoms with E-state index in [2.05, 4.69) is 4.40 Å². The molecule has 1 fully saturated rings. The van der Waals surface area contributed by atoms with Crippen LogP contribution < -0.4 is 0 Å². The van der Waals surface area contributed by atoms with Crippen LogP contribution in [0.5, 0.6) is 0 Å². The molecule has 0 saturated carbocycles. The molecule has 9 heteroatoms. The lowest BCUT2D eigenvalue weighted by atomic mass is 10.1. The summed E-state index contributed by atoms with van der Waals surface area (Å²) in [7, 11) is -3.43. The second-order valence-corrected chi connectivity index (χ2v) is 7.10. The second kappa shape index (κ2) is 5.24. The van der Waals surface area contributed by atoms with Crippen LogP contribution in [0.15, 0.2) is 28.3 Å². The zero-order chi connectivity index (χ0) is 15.9. The Morgan fingerprint density at radius 1 is 1.27 bits per heavy atom. The first-order valence-electron chi connectivity index (χ1n) is 6.90. The Labute approximate surface area is 127 Å². The molecule has 3 heterocycles. The minimum Gasteiger partial charge on any atom is -0.480 e. The van der Waals surface area contributed by atoms with E-state index >= 15 is 0 Å². The number of carboxylic acid groups (broad SMARTS) is 1. The molecule has 0 aromatic rings. The summed E-state index contributed by atoms with van der Waals surface area (Å²) >= 11 is 0. The van der Waals surface area contributed by atoms with Crippen molar-refractivity contribution in [2.24, 2.45) is 4.40 Å². The van der Waals surface area contributed by atoms with Gasteiger partial charge in [0.1, 0.15) is 11.9 Å². The van der Waals surface area contributed by atoms with Crippen molar-refractivity contribution in [2.45, 2.75) is 18.9 Å². The average Bonchev–Trinajstić information content (AvgIpc) is 2.94. The Hall–Kier alpha value is -2.16. The minimum atomic E-state index is -3.43. The SMILES string of the molecule is O=C(O)[C@@H]1CCCN1C(=O)C1=CN2CCS(=O)(=O)N=C2C=C1. The van der Waals surface area contributed by atoms with Gasteiger partial charge in [0.15, 0.2) is 0 Å². The molecule has 0 spiro atoms. The molecule has 0 aromatic carbocycles. The van der Waals surface area contributed by atoms with Gasteiger partial charge in [-0.15, -0.1) is 4.40 Å². The Morgan fingerprint density at radius 3 is 2.77 bits per heavy atom. The molecule has 22 heavy (non-hydrogen) atoms. The van der Waals surface area contributed by atoms with Gasteiger partial charge in [0, 0.05) is 19.3 Å². The molecule has 3 rings (SSSR count). The number of hydrogen-bond donors (Lipinski definition) is 1. The highest BCUT2D eigenvalue weighted by molar-refractivity contribution is 7.90. The molecular weight excluding hydrogens is 310 g/mol. The maximum Gasteiger partial charge on any atom is 0.326 e. The lowest BCUT2D eigenvalue weighted by molar-refractivity contribution is -0.146. The molecule has 1 N–H and O–H groups in total. The van der Waals surface area contributed by atoms with Crippen LogP contribution in [-0.2, 0) is 19.6 Å². The van der Waals surface area contributed by atoms with Gasteiger partial charge in [-0.05, 0) is 25.0 Å². The molecule has 0 aromatic heterocycles. The molecule has 1 atom stereocenters. The molecule has 1 saturated heterocycles. The van der Waals surface area contributed by atoms with Crippen molar-refractivity contribution in [3.05, 3.63) is 23.9 Å². The van der Waals surface area contributed by atoms with E-state index < -0.39 is 22.0 Å². The van der Waals surface area contributed by atoms with Gasteiger partial charge in [-0.25, -0.2) is 13.2 Å². The van der Waals surface area contributed by atoms with E-state index in [4.69, 9.17) is 5.11 Å². The van der Waals surface area contributed by atoms with Gasteiger partial charge in [-0.1, -0.05) is 0 Å². The van der Waals surface area contributed by atoms with Crippen molar-refractivity contribution < 1.29 is 23.1 Å². The van der Waals surface area contributed by atoms with E-state index in [-0.39, 0.29) is 24.0 Å². The van der Waals surface area contributed by atoms with E-state index in [1.807, 2.05) is 0 Å². The van der Waals surface area contributed by atoms with Crippen LogP contribution in [0, 0.1) is 0 Å². The van der Waals surface area contributed by atoms with Gasteiger partial charge < -0.3 is 14.9 Å². The zero-order valence-corrected chi connectivity index (χ0v) is 12.5. The number of hydrogen-bond acceptors (Lipinski definition) is 5. The lowest BCUT2D eigenvalue weighted by Gasteiger charge is -2.29. The smallest absolute Gasteiger partial charge is 0.326 e. The van der Waals surface area contributed by atoms with Crippen LogP contribution in [0.2, 0.25) is 0 Å². The molecule has 0 aliphatic carbocycles. The fourth-order valence-electron chi connectivity index (χ4n) is 2.76. The van der Waals surface area contributed by atoms with Gasteiger partial charge in [0.25, 0.3) is 15.9 Å². The van der Waals surface area contributed by atoms with Crippen molar-refractivity contribution in [1.29, 1.82) is 0 Å². The second-order valence-electron chi connectivity index (χ2n) is 5.34. The summed E-state index contributed by atoms with van der Waals surface area (Å²) in [5.41, 5.74) is 0.339. The van der Waals surface area contributed by atoms with Crippen LogP contribution in [0.3, 0.4) is 0 Å². The highest BCUT2D eigenvalue weighted by Crippen LogP contribution is 2.23. The maximum absolute atomic E-state index is 12.5. The average molecular weight is 325 g/mol. The minimum absolute atomic E-state index is 0.107. The largest absolute Gasteiger partial charge is 0.480 e. The van der Waals surface area contributed by atoms with Crippen molar-refractivity contribution >= 4 is 27.7 Å². The number of rotatable bonds is 2. The summed E-state index contributed by atoms with van der Waals surface area (Å²) in [5, 5.41) is 9.15. The van der Waals surface area contributed by atoms with E-state index in [1.54, 1.807) is 4.90 Å². The maximum atomic E-state index is 12.5. The van der Waals surface area contributed by atoms with E-state index in [9.17, 15) is 18.0 Å². The first-order chi connectivity index (χ1) is 10.4. The predicted molar refractivity (Wildman–Crippen MR) is 77.5 cm³/mol. The number of aliphatic carboxylic acids is 1. The molecular formula is C13H15N3O5S. The summed E-state index contributed by atoms with van der Waals surface area (Å²) in [5.74, 6) is -1.19. The topological polar surface area (TPSA) is 107 Å². The van der Waals surface area contributed by atoms with Crippen LogP contribution in [0.25, 0.3) is 0 Å². The van der Waals surface area contributed by atoms with Crippen LogP contribution in [0.1, 0.15) is 12.8 Å². The third kappa shape index (κ3) is 2.63. The number of nitrogens with zero attached hydrogens (tertiary/aromatic N) is 3. The molecule has 118 valence electrons. The lowest BCUT2D eigenvalue weighted by Crippen LogP contribution is -2.43. The molecule has 8 nitrogen and oxygen atoms in total. The molecule has 0 unspecified atom stereocenters. The Kier molecular flexibility index (Phi) is 3.51. The first-order valence-corrected chi connectivity index (χ1v) is 8.51. The molecule has 1 amide bonds. The number of fused-ring (bicyclic) bond motifs is 1. The van der Waals surface area contributed by atoms with Crippen molar-refractivity contribution in [2.75, 3.05) is 18.8 Å². The molecule has 3 aliphatic heterocycles. The predicted octanol–water partition coefficient (Wildman–Crippen LogP) is -0.440. The van der Waals surface area contributed by atoms with E-state index in [0.29, 0.717) is 25.0 Å². The van der Waals surface area contributed by atoms with Gasteiger partial charge >= 0.3 is 5.97 Å². The number of carbonyl (C=O) groups excluding carboxylic acids is 1. The standard InChI is InChI=1S/C13H15N3O5S/c17-12(16-5-1-2-10(16)13(18)19)9-3-4-11-14-22(20,21)7-6-15(11)8-9/h3-4,8,10H,1-2,5-7H2,(H,18,19)/t10-/m0/s1. The number of carboxylic acids is 1. The number of sulfonamides is 1. The highest BCUT2D eigenvalue weighted by atomic mass is 32.2. The fourth-order valence-corrected chi connectivity index (χ4v) is 3.73. The molecule has 3 aliphatic rings. The molecule has 0 bridgehead atoms. The van der Waals surface area contributed by atoms with Gasteiger partial charge in [-0.2, -0.15) is 0 Å². The van der Waals surface area contributed by atoms with Crippen molar-refractivity contribution in [3.8, 4) is 0 Å². The summed E-state index contributed by atoms with van der Waals surface area (Å²) in [4.78, 5) is 26.6. The number of likely N-dealkylation sites (tertiary alicyclic amines) is 1. The monoisotopic (exact) mass is 325 g/mol. The Balaban J connectivity index is 1.83. The van der Waals surface area contributed by atoms with Crippen molar-refractivity contribution in [1.82, 2.24) is 9.80 Å². The van der Waals surface area contributed by atoms with E-state index in [0.717, 1.165) is 0 Å². The van der Waals surface area contributed by atoms with Gasteiger partial charge in [0.2, 0.25) is 0 Å². The van der Waals surface area contributed by atoms with Gasteiger partial charge in [0.05, 0.1) is 11.3 Å². The Bertz CT molecular complexity index is 722. The number of carbonyl (C=O) groups is 2. The molecule has 0 radical (unpaired) electrons. The van der Waals surface area contributed by atoms with Crippen LogP contribution >= 0.6 is 0 Å². The first kappa shape index (κ1) is 14.8. The number of amides is 1. The number of amidine groups is 1. The van der Waals surface area contributed by atoms with Crippen LogP contribution in [0.4, 0.5) is 0 Å². The zero-order valence-electron chi connectivity index (χ0n) is 11.7. The third-order valence-electron chi connectivity index (χ3n) is 3.87. The quantitative estimate of drug-likeness (QED) is 0.737. The normalized spacial score (nSPS) is 26.3. The van der Waals surface area contributed by atoms with Gasteiger partial charge in [-0.3, -0.25) is 4.79 Å². The summed E-state index contributed by atoms with van der Waals surface area (Å²) in [6.45, 7) is 0.640. The highest BCUT2D eigenvalue weighted by Gasteiger charge is 2.35.